The molecular weight excluding hydrogens is 333 g/mol. The van der Waals surface area contributed by atoms with Crippen molar-refractivity contribution in [1.82, 2.24) is 10.4 Å². The van der Waals surface area contributed by atoms with E-state index in [2.05, 4.69) is 26.3 Å². The van der Waals surface area contributed by atoms with Crippen LogP contribution in [0.15, 0.2) is 59.2 Å². The molecule has 0 radical (unpaired) electrons. The SMILES string of the molecule is NNC(c1cc(F)cc(Br)c1)c1cccc2cccnc12. The van der Waals surface area contributed by atoms with Crippen LogP contribution in [-0.2, 0) is 0 Å². The summed E-state index contributed by atoms with van der Waals surface area (Å²) in [5.41, 5.74) is 5.25. The van der Waals surface area contributed by atoms with Gasteiger partial charge in [-0.05, 0) is 29.8 Å². The number of nitrogens with two attached hydrogens (primary N) is 1. The number of hydrogen-bond acceptors (Lipinski definition) is 3. The van der Waals surface area contributed by atoms with Crippen LogP contribution in [0.2, 0.25) is 0 Å². The second-order valence-corrected chi connectivity index (χ2v) is 5.64. The zero-order valence-electron chi connectivity index (χ0n) is 11.1. The number of nitrogens with zero attached hydrogens (tertiary/aromatic N) is 1. The van der Waals surface area contributed by atoms with E-state index in [4.69, 9.17) is 5.84 Å². The first kappa shape index (κ1) is 14.1. The van der Waals surface area contributed by atoms with Gasteiger partial charge in [0.05, 0.1) is 11.6 Å². The van der Waals surface area contributed by atoms with Gasteiger partial charge in [0.1, 0.15) is 5.82 Å². The monoisotopic (exact) mass is 345 g/mol. The quantitative estimate of drug-likeness (QED) is 0.562. The third-order valence-corrected chi connectivity index (χ3v) is 3.82. The number of hydrogen-bond donors (Lipinski definition) is 2. The summed E-state index contributed by atoms with van der Waals surface area (Å²) in [6, 6.07) is 14.1. The van der Waals surface area contributed by atoms with Gasteiger partial charge >= 0.3 is 0 Å². The number of aromatic nitrogens is 1. The number of hydrazine groups is 1. The normalized spacial score (nSPS) is 12.5. The molecule has 0 aliphatic rings. The highest BCUT2D eigenvalue weighted by Crippen LogP contribution is 2.29. The van der Waals surface area contributed by atoms with Crippen molar-refractivity contribution < 1.29 is 4.39 Å². The van der Waals surface area contributed by atoms with Gasteiger partial charge in [-0.1, -0.05) is 40.2 Å². The smallest absolute Gasteiger partial charge is 0.124 e. The average Bonchev–Trinajstić information content (AvgIpc) is 2.47. The minimum atomic E-state index is -0.337. The van der Waals surface area contributed by atoms with Crippen molar-refractivity contribution >= 4 is 26.8 Å². The van der Waals surface area contributed by atoms with Gasteiger partial charge in [0.2, 0.25) is 0 Å². The largest absolute Gasteiger partial charge is 0.271 e. The van der Waals surface area contributed by atoms with Crippen LogP contribution >= 0.6 is 15.9 Å². The molecule has 1 aromatic heterocycles. The summed E-state index contributed by atoms with van der Waals surface area (Å²) in [4.78, 5) is 4.42. The zero-order chi connectivity index (χ0) is 14.8. The number of nitrogens with one attached hydrogen (secondary N) is 1. The standard InChI is InChI=1S/C16H13BrFN3/c17-12-7-11(8-13(18)9-12)16(21-19)14-5-1-3-10-4-2-6-20-15(10)14/h1-9,16,21H,19H2. The van der Waals surface area contributed by atoms with Crippen molar-refractivity contribution in [2.75, 3.05) is 0 Å². The topological polar surface area (TPSA) is 50.9 Å². The molecule has 1 unspecified atom stereocenters. The maximum Gasteiger partial charge on any atom is 0.124 e. The third kappa shape index (κ3) is 2.81. The fourth-order valence-corrected chi connectivity index (χ4v) is 2.95. The van der Waals surface area contributed by atoms with Crippen molar-refractivity contribution in [3.05, 3.63) is 76.1 Å². The molecule has 0 aliphatic carbocycles. The molecule has 0 saturated heterocycles. The Hall–Kier alpha value is -1.82. The van der Waals surface area contributed by atoms with Crippen molar-refractivity contribution in [2.45, 2.75) is 6.04 Å². The van der Waals surface area contributed by atoms with Gasteiger partial charge < -0.3 is 0 Å². The van der Waals surface area contributed by atoms with Gasteiger partial charge in [0.25, 0.3) is 0 Å². The van der Waals surface area contributed by atoms with E-state index in [9.17, 15) is 4.39 Å². The summed E-state index contributed by atoms with van der Waals surface area (Å²) >= 11 is 3.31. The molecule has 1 heterocycles. The summed E-state index contributed by atoms with van der Waals surface area (Å²) in [6.45, 7) is 0. The van der Waals surface area contributed by atoms with Gasteiger partial charge in [-0.15, -0.1) is 0 Å². The molecule has 0 saturated carbocycles. The molecule has 2 aromatic carbocycles. The zero-order valence-corrected chi connectivity index (χ0v) is 12.6. The summed E-state index contributed by atoms with van der Waals surface area (Å²) in [5.74, 6) is 5.40. The molecule has 0 spiro atoms. The van der Waals surface area contributed by atoms with E-state index in [-0.39, 0.29) is 11.9 Å². The van der Waals surface area contributed by atoms with E-state index >= 15 is 0 Å². The molecule has 106 valence electrons. The molecular formula is C16H13BrFN3. The molecule has 0 amide bonds. The van der Waals surface area contributed by atoms with Crippen molar-refractivity contribution in [2.24, 2.45) is 5.84 Å². The highest BCUT2D eigenvalue weighted by molar-refractivity contribution is 9.10. The fourth-order valence-electron chi connectivity index (χ4n) is 2.47. The predicted molar refractivity (Wildman–Crippen MR) is 85.0 cm³/mol. The van der Waals surface area contributed by atoms with Crippen LogP contribution in [0.3, 0.4) is 0 Å². The second kappa shape index (κ2) is 5.89. The van der Waals surface area contributed by atoms with E-state index in [1.54, 1.807) is 6.20 Å². The van der Waals surface area contributed by atoms with E-state index < -0.39 is 0 Å². The van der Waals surface area contributed by atoms with E-state index in [1.165, 1.54) is 12.1 Å². The van der Waals surface area contributed by atoms with E-state index in [0.717, 1.165) is 22.0 Å². The first-order valence-electron chi connectivity index (χ1n) is 6.45. The number of pyridine rings is 1. The molecule has 0 fully saturated rings. The van der Waals surface area contributed by atoms with Crippen molar-refractivity contribution in [3.8, 4) is 0 Å². The number of benzene rings is 2. The van der Waals surface area contributed by atoms with Crippen LogP contribution < -0.4 is 11.3 Å². The van der Waals surface area contributed by atoms with Crippen LogP contribution in [0.25, 0.3) is 10.9 Å². The molecule has 0 aliphatic heterocycles. The van der Waals surface area contributed by atoms with Gasteiger partial charge in [0.15, 0.2) is 0 Å². The maximum absolute atomic E-state index is 13.6. The summed E-state index contributed by atoms with van der Waals surface area (Å²) in [5, 5.41) is 1.02. The van der Waals surface area contributed by atoms with Gasteiger partial charge in [0, 0.05) is 21.6 Å². The summed E-state index contributed by atoms with van der Waals surface area (Å²) < 4.78 is 14.3. The Balaban J connectivity index is 2.18. The first-order chi connectivity index (χ1) is 10.2. The minimum Gasteiger partial charge on any atom is -0.271 e. The maximum atomic E-state index is 13.6. The van der Waals surface area contributed by atoms with Gasteiger partial charge in [-0.3, -0.25) is 10.8 Å². The highest BCUT2D eigenvalue weighted by atomic mass is 79.9. The molecule has 3 rings (SSSR count). The molecule has 1 atom stereocenters. The molecule has 3 N–H and O–H groups in total. The lowest BCUT2D eigenvalue weighted by molar-refractivity contribution is 0.605. The Labute approximate surface area is 130 Å². The van der Waals surface area contributed by atoms with Crippen molar-refractivity contribution in [1.29, 1.82) is 0 Å². The van der Waals surface area contributed by atoms with Crippen LogP contribution in [0.4, 0.5) is 4.39 Å². The number of para-hydroxylation sites is 1. The third-order valence-electron chi connectivity index (χ3n) is 3.36. The van der Waals surface area contributed by atoms with Crippen LogP contribution in [0.5, 0.6) is 0 Å². The van der Waals surface area contributed by atoms with Gasteiger partial charge in [-0.25, -0.2) is 9.82 Å². The van der Waals surface area contributed by atoms with Crippen LogP contribution in [0.1, 0.15) is 17.2 Å². The van der Waals surface area contributed by atoms with Crippen LogP contribution in [-0.4, -0.2) is 4.98 Å². The lowest BCUT2D eigenvalue weighted by atomic mass is 9.97. The first-order valence-corrected chi connectivity index (χ1v) is 7.24. The average molecular weight is 346 g/mol. The molecule has 0 bridgehead atoms. The molecule has 3 nitrogen and oxygen atoms in total. The number of fused-ring (bicyclic) bond motifs is 1. The Morgan fingerprint density at radius 1 is 1.14 bits per heavy atom. The number of halogens is 2. The fraction of sp³-hybridized carbons (Fsp3) is 0.0625. The Morgan fingerprint density at radius 3 is 2.71 bits per heavy atom. The van der Waals surface area contributed by atoms with Crippen molar-refractivity contribution in [3.63, 3.8) is 0 Å². The lowest BCUT2D eigenvalue weighted by Crippen LogP contribution is -2.29. The van der Waals surface area contributed by atoms with E-state index in [0.29, 0.717) is 4.47 Å². The Bertz CT molecular complexity index is 766. The van der Waals surface area contributed by atoms with Gasteiger partial charge in [-0.2, -0.15) is 0 Å². The Morgan fingerprint density at radius 2 is 1.95 bits per heavy atom. The molecule has 5 heteroatoms. The second-order valence-electron chi connectivity index (χ2n) is 4.72. The summed E-state index contributed by atoms with van der Waals surface area (Å²) in [7, 11) is 0. The minimum absolute atomic E-state index is 0.312. The molecule has 21 heavy (non-hydrogen) atoms. The highest BCUT2D eigenvalue weighted by Gasteiger charge is 2.17. The predicted octanol–water partition coefficient (Wildman–Crippen LogP) is 3.69. The van der Waals surface area contributed by atoms with Crippen LogP contribution in [0, 0.1) is 5.82 Å². The molecule has 3 aromatic rings. The van der Waals surface area contributed by atoms with E-state index in [1.807, 2.05) is 36.4 Å². The Kier molecular flexibility index (Phi) is 3.96. The number of rotatable bonds is 3. The lowest BCUT2D eigenvalue weighted by Gasteiger charge is -2.18. The summed E-state index contributed by atoms with van der Waals surface area (Å²) in [6.07, 6.45) is 1.74.